The molecule has 0 aliphatic rings. The molecular weight excluding hydrogens is 168 g/mol. The Bertz CT molecular complexity index is 214. The van der Waals surface area contributed by atoms with Crippen molar-refractivity contribution in [1.29, 1.82) is 0 Å². The van der Waals surface area contributed by atoms with Crippen LogP contribution < -0.4 is 0 Å². The van der Waals surface area contributed by atoms with E-state index in [1.807, 2.05) is 20.8 Å². The van der Waals surface area contributed by atoms with Crippen LogP contribution in [0.3, 0.4) is 0 Å². The van der Waals surface area contributed by atoms with Crippen molar-refractivity contribution in [3.63, 3.8) is 0 Å². The summed E-state index contributed by atoms with van der Waals surface area (Å²) in [5, 5.41) is 7.98. The van der Waals surface area contributed by atoms with Crippen molar-refractivity contribution in [1.82, 2.24) is 0 Å². The van der Waals surface area contributed by atoms with E-state index in [1.165, 1.54) is 6.92 Å². The Morgan fingerprint density at radius 2 is 1.54 bits per heavy atom. The van der Waals surface area contributed by atoms with Crippen LogP contribution in [0.5, 0.6) is 0 Å². The molecule has 0 atom stereocenters. The van der Waals surface area contributed by atoms with Crippen LogP contribution in [0.2, 0.25) is 0 Å². The van der Waals surface area contributed by atoms with Gasteiger partial charge in [-0.25, -0.2) is 0 Å². The third-order valence-electron chi connectivity index (χ3n) is 0.984. The van der Waals surface area contributed by atoms with Gasteiger partial charge in [0.25, 0.3) is 0 Å². The molecule has 0 aromatic carbocycles. The summed E-state index contributed by atoms with van der Waals surface area (Å²) in [5.41, 5.74) is -1.10. The molecule has 0 N–H and O–H groups in total. The van der Waals surface area contributed by atoms with Gasteiger partial charge in [-0.15, -0.1) is 5.11 Å². The van der Waals surface area contributed by atoms with Gasteiger partial charge in [0.1, 0.15) is 0 Å². The van der Waals surface area contributed by atoms with Gasteiger partial charge >= 0.3 is 5.97 Å². The zero-order chi connectivity index (χ0) is 10.7. The Balaban J connectivity index is 4.33. The Morgan fingerprint density at radius 3 is 1.85 bits per heavy atom. The van der Waals surface area contributed by atoms with E-state index in [4.69, 9.17) is 4.74 Å². The lowest BCUT2D eigenvalue weighted by Crippen LogP contribution is -2.25. The summed E-state index contributed by atoms with van der Waals surface area (Å²) in [7, 11) is 0. The van der Waals surface area contributed by atoms with Crippen LogP contribution in [-0.4, -0.2) is 17.2 Å². The van der Waals surface area contributed by atoms with Crippen LogP contribution in [-0.2, 0) is 9.53 Å². The van der Waals surface area contributed by atoms with Gasteiger partial charge in [-0.05, 0) is 34.6 Å². The maximum atomic E-state index is 10.7. The van der Waals surface area contributed by atoms with Crippen LogP contribution in [0.1, 0.15) is 41.5 Å². The van der Waals surface area contributed by atoms with E-state index < -0.39 is 5.72 Å². The number of esters is 1. The number of azo groups is 1. The van der Waals surface area contributed by atoms with Crippen molar-refractivity contribution >= 4 is 5.97 Å². The molecule has 4 heteroatoms. The second-order valence-electron chi connectivity index (χ2n) is 4.41. The lowest BCUT2D eigenvalue weighted by Gasteiger charge is -2.20. The predicted octanol–water partition coefficient (Wildman–Crippen LogP) is 2.54. The third kappa shape index (κ3) is 7.43. The summed E-state index contributed by atoms with van der Waals surface area (Å²) < 4.78 is 4.93. The lowest BCUT2D eigenvalue weighted by molar-refractivity contribution is -0.153. The van der Waals surface area contributed by atoms with E-state index in [9.17, 15) is 4.79 Å². The van der Waals surface area contributed by atoms with Crippen molar-refractivity contribution < 1.29 is 9.53 Å². The molecule has 4 nitrogen and oxygen atoms in total. The van der Waals surface area contributed by atoms with E-state index in [-0.39, 0.29) is 11.5 Å². The molecule has 0 fully saturated rings. The van der Waals surface area contributed by atoms with Gasteiger partial charge in [0.05, 0.1) is 5.54 Å². The lowest BCUT2D eigenvalue weighted by atomic mass is 10.1. The molecule has 0 aromatic heterocycles. The van der Waals surface area contributed by atoms with Crippen LogP contribution >= 0.6 is 0 Å². The smallest absolute Gasteiger partial charge is 0.304 e. The van der Waals surface area contributed by atoms with Crippen LogP contribution in [0.15, 0.2) is 10.2 Å². The minimum absolute atomic E-state index is 0.239. The maximum absolute atomic E-state index is 10.7. The van der Waals surface area contributed by atoms with Gasteiger partial charge in [0.2, 0.25) is 5.72 Å². The van der Waals surface area contributed by atoms with Gasteiger partial charge in [0, 0.05) is 6.92 Å². The molecule has 0 spiro atoms. The Kier molecular flexibility index (Phi) is 3.58. The van der Waals surface area contributed by atoms with E-state index >= 15 is 0 Å². The molecule has 0 aliphatic carbocycles. The quantitative estimate of drug-likeness (QED) is 0.491. The first-order valence-electron chi connectivity index (χ1n) is 4.26. The van der Waals surface area contributed by atoms with Crippen LogP contribution in [0.25, 0.3) is 0 Å². The van der Waals surface area contributed by atoms with Crippen molar-refractivity contribution in [2.24, 2.45) is 10.2 Å². The fraction of sp³-hybridized carbons (Fsp3) is 0.889. The normalized spacial score (nSPS) is 13.4. The van der Waals surface area contributed by atoms with Gasteiger partial charge in [-0.2, -0.15) is 5.11 Å². The summed E-state index contributed by atoms with van der Waals surface area (Å²) in [6.07, 6.45) is 0. The highest BCUT2D eigenvalue weighted by Crippen LogP contribution is 2.16. The molecule has 0 bridgehead atoms. The van der Waals surface area contributed by atoms with Gasteiger partial charge in [-0.3, -0.25) is 4.79 Å². The van der Waals surface area contributed by atoms with Gasteiger partial charge in [-0.1, -0.05) is 0 Å². The molecule has 0 unspecified atom stereocenters. The molecule has 0 rings (SSSR count). The number of ether oxygens (including phenoxy) is 1. The predicted molar refractivity (Wildman–Crippen MR) is 50.5 cm³/mol. The monoisotopic (exact) mass is 186 g/mol. The molecule has 13 heavy (non-hydrogen) atoms. The zero-order valence-electron chi connectivity index (χ0n) is 9.21. The van der Waals surface area contributed by atoms with Crippen molar-refractivity contribution in [3.8, 4) is 0 Å². The Morgan fingerprint density at radius 1 is 1.08 bits per heavy atom. The van der Waals surface area contributed by atoms with Crippen molar-refractivity contribution in [2.45, 2.75) is 52.8 Å². The highest BCUT2D eigenvalue weighted by molar-refractivity contribution is 5.66. The minimum atomic E-state index is -0.862. The molecule has 0 saturated heterocycles. The van der Waals surface area contributed by atoms with Gasteiger partial charge in [0.15, 0.2) is 0 Å². The molecular formula is C9H18N2O2. The average Bonchev–Trinajstić information content (AvgIpc) is 1.79. The second kappa shape index (κ2) is 3.85. The summed E-state index contributed by atoms with van der Waals surface area (Å²) >= 11 is 0. The Hall–Kier alpha value is -0.930. The Labute approximate surface area is 79.4 Å². The fourth-order valence-electron chi connectivity index (χ4n) is 0.643. The molecule has 76 valence electrons. The number of rotatable bonds is 2. The van der Waals surface area contributed by atoms with Crippen molar-refractivity contribution in [3.05, 3.63) is 0 Å². The number of carbonyl (C=O) groups is 1. The zero-order valence-corrected chi connectivity index (χ0v) is 9.21. The number of hydrogen-bond donors (Lipinski definition) is 0. The first-order chi connectivity index (χ1) is 5.62. The standard InChI is InChI=1S/C9H18N2O2/c1-7(12)13-9(5,6)11-10-8(2,3)4/h1-6H3. The first kappa shape index (κ1) is 12.1. The summed E-state index contributed by atoms with van der Waals surface area (Å²) in [6, 6.07) is 0. The summed E-state index contributed by atoms with van der Waals surface area (Å²) in [5.74, 6) is -0.349. The molecule has 0 amide bonds. The van der Waals surface area contributed by atoms with Gasteiger partial charge < -0.3 is 4.74 Å². The first-order valence-corrected chi connectivity index (χ1v) is 4.26. The topological polar surface area (TPSA) is 51.0 Å². The van der Waals surface area contributed by atoms with Crippen LogP contribution in [0, 0.1) is 0 Å². The third-order valence-corrected chi connectivity index (χ3v) is 0.984. The van der Waals surface area contributed by atoms with E-state index in [2.05, 4.69) is 10.2 Å². The van der Waals surface area contributed by atoms with Crippen LogP contribution in [0.4, 0.5) is 0 Å². The van der Waals surface area contributed by atoms with E-state index in [0.29, 0.717) is 0 Å². The minimum Gasteiger partial charge on any atom is -0.436 e. The number of hydrogen-bond acceptors (Lipinski definition) is 4. The molecule has 0 radical (unpaired) electrons. The average molecular weight is 186 g/mol. The SMILES string of the molecule is CC(=O)OC(C)(C)N=NC(C)(C)C. The number of carbonyl (C=O) groups excluding carboxylic acids is 1. The summed E-state index contributed by atoms with van der Waals surface area (Å²) in [6.45, 7) is 10.5. The maximum Gasteiger partial charge on any atom is 0.304 e. The fourth-order valence-corrected chi connectivity index (χ4v) is 0.643. The highest BCUT2D eigenvalue weighted by Gasteiger charge is 2.21. The molecule has 0 aromatic rings. The molecule has 0 saturated carbocycles. The number of nitrogens with zero attached hydrogens (tertiary/aromatic N) is 2. The second-order valence-corrected chi connectivity index (χ2v) is 4.41. The summed E-state index contributed by atoms with van der Waals surface area (Å²) in [4.78, 5) is 10.7. The molecule has 0 aliphatic heterocycles. The van der Waals surface area contributed by atoms with E-state index in [1.54, 1.807) is 13.8 Å². The molecule has 0 heterocycles. The van der Waals surface area contributed by atoms with E-state index in [0.717, 1.165) is 0 Å². The highest BCUT2D eigenvalue weighted by atomic mass is 16.6. The van der Waals surface area contributed by atoms with Crippen molar-refractivity contribution in [2.75, 3.05) is 0 Å². The largest absolute Gasteiger partial charge is 0.436 e.